The predicted octanol–water partition coefficient (Wildman–Crippen LogP) is 5.56. The molecule has 0 fully saturated rings. The van der Waals surface area contributed by atoms with E-state index in [4.69, 9.17) is 9.16 Å². The van der Waals surface area contributed by atoms with Crippen LogP contribution in [0.3, 0.4) is 0 Å². The van der Waals surface area contributed by atoms with E-state index in [1.807, 2.05) is 0 Å². The van der Waals surface area contributed by atoms with Crippen LogP contribution in [0.15, 0.2) is 18.2 Å². The number of rotatable bonds is 6. The fourth-order valence-electron chi connectivity index (χ4n) is 3.40. The maximum Gasteiger partial charge on any atom is 0.258 e. The molecule has 0 aliphatic heterocycles. The highest BCUT2D eigenvalue weighted by Crippen LogP contribution is 2.44. The van der Waals surface area contributed by atoms with Crippen molar-refractivity contribution in [2.75, 3.05) is 7.11 Å². The lowest BCUT2D eigenvalue weighted by Crippen LogP contribution is -2.50. The molecule has 0 amide bonds. The maximum atomic E-state index is 6.68. The smallest absolute Gasteiger partial charge is 0.258 e. The van der Waals surface area contributed by atoms with Crippen LogP contribution >= 0.6 is 0 Å². The van der Waals surface area contributed by atoms with Crippen molar-refractivity contribution in [1.29, 1.82) is 0 Å². The van der Waals surface area contributed by atoms with Gasteiger partial charge in [0.15, 0.2) is 5.75 Å². The van der Waals surface area contributed by atoms with E-state index in [1.165, 1.54) is 5.56 Å². The SMILES string of the molecule is COc1cc(C)ccc1O[Si](C(C)C)(C(C)C)C(C)C. The molecule has 0 saturated heterocycles. The quantitative estimate of drug-likeness (QED) is 0.640. The van der Waals surface area contributed by atoms with Crippen LogP contribution in [0, 0.1) is 6.92 Å². The first kappa shape index (κ1) is 17.1. The summed E-state index contributed by atoms with van der Waals surface area (Å²) in [5.74, 6) is 1.75. The van der Waals surface area contributed by atoms with Crippen LogP contribution in [0.25, 0.3) is 0 Å². The fourth-order valence-corrected chi connectivity index (χ4v) is 8.66. The Hall–Kier alpha value is -0.963. The molecule has 0 spiro atoms. The van der Waals surface area contributed by atoms with Crippen molar-refractivity contribution in [3.63, 3.8) is 0 Å². The van der Waals surface area contributed by atoms with Gasteiger partial charge in [-0.2, -0.15) is 0 Å². The van der Waals surface area contributed by atoms with Gasteiger partial charge in [-0.05, 0) is 41.2 Å². The Morgan fingerprint density at radius 1 is 0.850 bits per heavy atom. The molecule has 0 N–H and O–H groups in total. The van der Waals surface area contributed by atoms with E-state index in [-0.39, 0.29) is 0 Å². The average molecular weight is 295 g/mol. The summed E-state index contributed by atoms with van der Waals surface area (Å²) in [4.78, 5) is 0. The van der Waals surface area contributed by atoms with Crippen LogP contribution in [0.2, 0.25) is 16.6 Å². The summed E-state index contributed by atoms with van der Waals surface area (Å²) in [5.41, 5.74) is 2.88. The van der Waals surface area contributed by atoms with Gasteiger partial charge in [-0.15, -0.1) is 0 Å². The molecule has 114 valence electrons. The largest absolute Gasteiger partial charge is 0.540 e. The minimum Gasteiger partial charge on any atom is -0.540 e. The van der Waals surface area contributed by atoms with Crippen molar-refractivity contribution in [1.82, 2.24) is 0 Å². The standard InChI is InChI=1S/C17H30O2Si/c1-12(2)20(13(3)4,14(5)6)19-16-10-9-15(7)11-17(16)18-8/h9-14H,1-8H3. The summed E-state index contributed by atoms with van der Waals surface area (Å²) in [7, 11) is -0.200. The molecule has 1 aromatic rings. The minimum absolute atomic E-state index is 0.563. The van der Waals surface area contributed by atoms with Crippen molar-refractivity contribution in [2.24, 2.45) is 0 Å². The third-order valence-corrected chi connectivity index (χ3v) is 10.3. The number of ether oxygens (including phenoxy) is 1. The van der Waals surface area contributed by atoms with Gasteiger partial charge in [-0.25, -0.2) is 0 Å². The lowest BCUT2D eigenvalue weighted by molar-refractivity contribution is 0.382. The fraction of sp³-hybridized carbons (Fsp3) is 0.647. The van der Waals surface area contributed by atoms with E-state index >= 15 is 0 Å². The first-order chi connectivity index (χ1) is 9.25. The Kier molecular flexibility index (Phi) is 5.69. The predicted molar refractivity (Wildman–Crippen MR) is 89.4 cm³/mol. The number of methoxy groups -OCH3 is 1. The number of hydrogen-bond donors (Lipinski definition) is 0. The van der Waals surface area contributed by atoms with Crippen LogP contribution in [0.5, 0.6) is 11.5 Å². The van der Waals surface area contributed by atoms with Crippen molar-refractivity contribution < 1.29 is 9.16 Å². The molecular weight excluding hydrogens is 264 g/mol. The topological polar surface area (TPSA) is 18.5 Å². The summed E-state index contributed by atoms with van der Waals surface area (Å²) in [5, 5.41) is 0. The van der Waals surface area contributed by atoms with Crippen molar-refractivity contribution in [3.05, 3.63) is 23.8 Å². The van der Waals surface area contributed by atoms with E-state index in [9.17, 15) is 0 Å². The number of aryl methyl sites for hydroxylation is 1. The molecule has 0 bridgehead atoms. The summed E-state index contributed by atoms with van der Waals surface area (Å²) in [6.45, 7) is 15.9. The molecule has 3 heteroatoms. The van der Waals surface area contributed by atoms with Gasteiger partial charge in [0.1, 0.15) is 5.75 Å². The van der Waals surface area contributed by atoms with Gasteiger partial charge in [0, 0.05) is 0 Å². The van der Waals surface area contributed by atoms with E-state index in [2.05, 4.69) is 66.7 Å². The van der Waals surface area contributed by atoms with Crippen LogP contribution in [0.4, 0.5) is 0 Å². The molecule has 0 aliphatic carbocycles. The molecular formula is C17H30O2Si. The van der Waals surface area contributed by atoms with E-state index < -0.39 is 8.32 Å². The van der Waals surface area contributed by atoms with Gasteiger partial charge in [-0.3, -0.25) is 0 Å². The third-order valence-electron chi connectivity index (χ3n) is 4.31. The normalized spacial score (nSPS) is 12.3. The average Bonchev–Trinajstić information content (AvgIpc) is 2.35. The van der Waals surface area contributed by atoms with Gasteiger partial charge in [0.25, 0.3) is 8.32 Å². The lowest BCUT2D eigenvalue weighted by Gasteiger charge is -2.42. The van der Waals surface area contributed by atoms with Crippen LogP contribution in [-0.2, 0) is 0 Å². The van der Waals surface area contributed by atoms with Gasteiger partial charge in [0.2, 0.25) is 0 Å². The molecule has 0 heterocycles. The second-order valence-electron chi connectivity index (χ2n) is 6.57. The first-order valence-corrected chi connectivity index (χ1v) is 9.73. The van der Waals surface area contributed by atoms with E-state index in [1.54, 1.807) is 7.11 Å². The summed E-state index contributed by atoms with van der Waals surface area (Å²) in [6.07, 6.45) is 0. The minimum atomic E-state index is -1.91. The van der Waals surface area contributed by atoms with Gasteiger partial charge in [-0.1, -0.05) is 47.6 Å². The van der Waals surface area contributed by atoms with Crippen LogP contribution in [0.1, 0.15) is 47.1 Å². The van der Waals surface area contributed by atoms with Gasteiger partial charge < -0.3 is 9.16 Å². The van der Waals surface area contributed by atoms with E-state index in [0.717, 1.165) is 11.5 Å². The Bertz CT molecular complexity index is 417. The van der Waals surface area contributed by atoms with Crippen molar-refractivity contribution >= 4 is 8.32 Å². The van der Waals surface area contributed by atoms with Gasteiger partial charge >= 0.3 is 0 Å². The molecule has 0 saturated carbocycles. The second-order valence-corrected chi connectivity index (χ2v) is 11.9. The molecule has 20 heavy (non-hydrogen) atoms. The molecule has 2 nitrogen and oxygen atoms in total. The Labute approximate surface area is 125 Å². The third kappa shape index (κ3) is 3.19. The molecule has 0 atom stereocenters. The molecule has 0 radical (unpaired) electrons. The molecule has 0 unspecified atom stereocenters. The lowest BCUT2D eigenvalue weighted by atomic mass is 10.2. The zero-order valence-corrected chi connectivity index (χ0v) is 15.3. The highest BCUT2D eigenvalue weighted by molar-refractivity contribution is 6.78. The Morgan fingerprint density at radius 3 is 1.75 bits per heavy atom. The van der Waals surface area contributed by atoms with Gasteiger partial charge in [0.05, 0.1) is 7.11 Å². The molecule has 0 aromatic heterocycles. The Balaban J connectivity index is 3.26. The van der Waals surface area contributed by atoms with Crippen LogP contribution < -0.4 is 9.16 Å². The van der Waals surface area contributed by atoms with Crippen molar-refractivity contribution in [2.45, 2.75) is 65.1 Å². The monoisotopic (exact) mass is 294 g/mol. The highest BCUT2D eigenvalue weighted by Gasteiger charge is 2.47. The van der Waals surface area contributed by atoms with E-state index in [0.29, 0.717) is 16.6 Å². The zero-order valence-electron chi connectivity index (χ0n) is 14.3. The van der Waals surface area contributed by atoms with Crippen molar-refractivity contribution in [3.8, 4) is 11.5 Å². The molecule has 1 rings (SSSR count). The molecule has 0 aliphatic rings. The number of benzene rings is 1. The van der Waals surface area contributed by atoms with Crippen LogP contribution in [-0.4, -0.2) is 15.4 Å². The summed E-state index contributed by atoms with van der Waals surface area (Å²) < 4.78 is 12.2. The zero-order chi connectivity index (χ0) is 15.5. The number of hydrogen-bond acceptors (Lipinski definition) is 2. The Morgan fingerprint density at radius 2 is 1.35 bits per heavy atom. The maximum absolute atomic E-state index is 6.68. The summed E-state index contributed by atoms with van der Waals surface area (Å²) in [6, 6.07) is 6.20. The first-order valence-electron chi connectivity index (χ1n) is 7.59. The molecule has 1 aromatic carbocycles. The second kappa shape index (κ2) is 6.66. The highest BCUT2D eigenvalue weighted by atomic mass is 28.4. The summed E-state index contributed by atoms with van der Waals surface area (Å²) >= 11 is 0.